The van der Waals surface area contributed by atoms with Crippen molar-refractivity contribution in [2.45, 2.75) is 27.7 Å². The minimum Gasteiger partial charge on any atom is -0.332 e. The van der Waals surface area contributed by atoms with Gasteiger partial charge >= 0.3 is 0 Å². The van der Waals surface area contributed by atoms with Crippen LogP contribution in [0.5, 0.6) is 0 Å². The van der Waals surface area contributed by atoms with E-state index in [2.05, 4.69) is 50.5 Å². The monoisotopic (exact) mass is 284 g/mol. The number of anilines is 2. The van der Waals surface area contributed by atoms with E-state index in [0.29, 0.717) is 5.11 Å². The van der Waals surface area contributed by atoms with E-state index >= 15 is 0 Å². The highest BCUT2D eigenvalue weighted by atomic mass is 32.1. The van der Waals surface area contributed by atoms with Crippen molar-refractivity contribution in [3.63, 3.8) is 0 Å². The highest BCUT2D eigenvalue weighted by Crippen LogP contribution is 2.20. The molecule has 3 heteroatoms. The van der Waals surface area contributed by atoms with Gasteiger partial charge in [-0.3, -0.25) is 0 Å². The number of benzene rings is 2. The Morgan fingerprint density at radius 1 is 0.750 bits per heavy atom. The van der Waals surface area contributed by atoms with Crippen molar-refractivity contribution in [3.05, 3.63) is 58.7 Å². The Morgan fingerprint density at radius 3 is 1.55 bits per heavy atom. The molecule has 0 bridgehead atoms. The second-order valence-corrected chi connectivity index (χ2v) is 5.48. The summed E-state index contributed by atoms with van der Waals surface area (Å²) in [4.78, 5) is 0. The second kappa shape index (κ2) is 6.06. The average molecular weight is 284 g/mol. The van der Waals surface area contributed by atoms with Gasteiger partial charge in [0.25, 0.3) is 0 Å². The minimum atomic E-state index is 0.618. The van der Waals surface area contributed by atoms with Gasteiger partial charge in [0, 0.05) is 11.4 Å². The zero-order valence-corrected chi connectivity index (χ0v) is 13.2. The molecular weight excluding hydrogens is 264 g/mol. The van der Waals surface area contributed by atoms with E-state index in [1.54, 1.807) is 0 Å². The zero-order valence-electron chi connectivity index (χ0n) is 12.4. The third-order valence-corrected chi connectivity index (χ3v) is 3.91. The molecule has 0 aliphatic carbocycles. The molecule has 2 N–H and O–H groups in total. The number of aryl methyl sites for hydroxylation is 2. The van der Waals surface area contributed by atoms with Crippen LogP contribution in [0, 0.1) is 27.7 Å². The Balaban J connectivity index is 2.13. The summed E-state index contributed by atoms with van der Waals surface area (Å²) in [6.07, 6.45) is 0. The molecule has 0 spiro atoms. The topological polar surface area (TPSA) is 24.1 Å². The van der Waals surface area contributed by atoms with E-state index in [9.17, 15) is 0 Å². The van der Waals surface area contributed by atoms with E-state index in [1.165, 1.54) is 22.3 Å². The molecule has 0 aromatic heterocycles. The van der Waals surface area contributed by atoms with E-state index < -0.39 is 0 Å². The van der Waals surface area contributed by atoms with Crippen LogP contribution in [0.15, 0.2) is 36.4 Å². The van der Waals surface area contributed by atoms with Crippen molar-refractivity contribution in [2.24, 2.45) is 0 Å². The van der Waals surface area contributed by atoms with Gasteiger partial charge in [0.2, 0.25) is 0 Å². The molecular formula is C17H20N2S. The maximum Gasteiger partial charge on any atom is 0.175 e. The molecule has 0 fully saturated rings. The Hall–Kier alpha value is -1.87. The molecule has 0 aliphatic heterocycles. The van der Waals surface area contributed by atoms with Crippen LogP contribution in [0.4, 0.5) is 11.4 Å². The highest BCUT2D eigenvalue weighted by molar-refractivity contribution is 7.80. The van der Waals surface area contributed by atoms with Crippen LogP contribution in [-0.2, 0) is 0 Å². The molecule has 0 heterocycles. The molecule has 104 valence electrons. The van der Waals surface area contributed by atoms with Crippen LogP contribution in [0.1, 0.15) is 22.3 Å². The molecule has 20 heavy (non-hydrogen) atoms. The lowest BCUT2D eigenvalue weighted by Gasteiger charge is -2.15. The lowest BCUT2D eigenvalue weighted by atomic mass is 10.1. The highest BCUT2D eigenvalue weighted by Gasteiger charge is 2.05. The van der Waals surface area contributed by atoms with Crippen molar-refractivity contribution in [1.82, 2.24) is 0 Å². The van der Waals surface area contributed by atoms with Gasteiger partial charge in [-0.1, -0.05) is 24.3 Å². The van der Waals surface area contributed by atoms with Crippen molar-refractivity contribution in [2.75, 3.05) is 10.6 Å². The first-order chi connectivity index (χ1) is 9.49. The lowest BCUT2D eigenvalue weighted by Crippen LogP contribution is -2.20. The van der Waals surface area contributed by atoms with Crippen molar-refractivity contribution >= 4 is 28.7 Å². The van der Waals surface area contributed by atoms with Gasteiger partial charge in [0.1, 0.15) is 0 Å². The van der Waals surface area contributed by atoms with Gasteiger partial charge in [0.15, 0.2) is 5.11 Å². The summed E-state index contributed by atoms with van der Waals surface area (Å²) in [7, 11) is 0. The Labute approximate surface area is 126 Å². The van der Waals surface area contributed by atoms with E-state index in [4.69, 9.17) is 12.2 Å². The quantitative estimate of drug-likeness (QED) is 0.780. The normalized spacial score (nSPS) is 10.2. The van der Waals surface area contributed by atoms with Gasteiger partial charge in [-0.2, -0.15) is 0 Å². The molecule has 0 atom stereocenters. The third-order valence-electron chi connectivity index (χ3n) is 3.71. The predicted molar refractivity (Wildman–Crippen MR) is 91.7 cm³/mol. The largest absolute Gasteiger partial charge is 0.332 e. The average Bonchev–Trinajstić information content (AvgIpc) is 2.40. The minimum absolute atomic E-state index is 0.618. The summed E-state index contributed by atoms with van der Waals surface area (Å²) in [5.41, 5.74) is 7.05. The van der Waals surface area contributed by atoms with Crippen LogP contribution < -0.4 is 10.6 Å². The fraction of sp³-hybridized carbons (Fsp3) is 0.235. The first kappa shape index (κ1) is 14.5. The first-order valence-electron chi connectivity index (χ1n) is 6.69. The molecule has 0 radical (unpaired) electrons. The van der Waals surface area contributed by atoms with Crippen LogP contribution in [0.25, 0.3) is 0 Å². The summed E-state index contributed by atoms with van der Waals surface area (Å²) < 4.78 is 0. The second-order valence-electron chi connectivity index (χ2n) is 5.07. The molecule has 0 aliphatic rings. The molecule has 0 unspecified atom stereocenters. The van der Waals surface area contributed by atoms with Gasteiger partial charge in [0.05, 0.1) is 0 Å². The summed E-state index contributed by atoms with van der Waals surface area (Å²) in [5, 5.41) is 7.15. The maximum absolute atomic E-state index is 5.40. The van der Waals surface area contributed by atoms with E-state index in [-0.39, 0.29) is 0 Å². The summed E-state index contributed by atoms with van der Waals surface area (Å²) in [6.45, 7) is 8.39. The van der Waals surface area contributed by atoms with Crippen LogP contribution >= 0.6 is 12.2 Å². The Kier molecular flexibility index (Phi) is 4.40. The standard InChI is InChI=1S/C17H20N2S/c1-11-7-5-9-15(13(11)3)18-17(20)19-16-10-6-8-12(2)14(16)4/h5-10H,1-4H3,(H2,18,19,20). The number of thiocarbonyl (C=S) groups is 1. The molecule has 0 amide bonds. The zero-order chi connectivity index (χ0) is 14.7. The molecule has 0 saturated carbocycles. The third kappa shape index (κ3) is 3.17. The van der Waals surface area contributed by atoms with Crippen LogP contribution in [0.2, 0.25) is 0 Å². The number of hydrogen-bond acceptors (Lipinski definition) is 1. The summed E-state index contributed by atoms with van der Waals surface area (Å²) in [5.74, 6) is 0. The molecule has 2 aromatic rings. The van der Waals surface area contributed by atoms with Crippen molar-refractivity contribution < 1.29 is 0 Å². The predicted octanol–water partition coefficient (Wildman–Crippen LogP) is 4.73. The van der Waals surface area contributed by atoms with Crippen molar-refractivity contribution in [1.29, 1.82) is 0 Å². The number of rotatable bonds is 2. The summed E-state index contributed by atoms with van der Waals surface area (Å²) >= 11 is 5.40. The van der Waals surface area contributed by atoms with E-state index in [1.807, 2.05) is 24.3 Å². The van der Waals surface area contributed by atoms with Gasteiger partial charge in [-0.05, 0) is 74.3 Å². The maximum atomic E-state index is 5.40. The Morgan fingerprint density at radius 2 is 1.15 bits per heavy atom. The van der Waals surface area contributed by atoms with Crippen LogP contribution in [0.3, 0.4) is 0 Å². The molecule has 0 saturated heterocycles. The van der Waals surface area contributed by atoms with Gasteiger partial charge in [-0.25, -0.2) is 0 Å². The SMILES string of the molecule is Cc1cccc(NC(=S)Nc2cccc(C)c2C)c1C. The number of nitrogens with one attached hydrogen (secondary N) is 2. The van der Waals surface area contributed by atoms with Crippen molar-refractivity contribution in [3.8, 4) is 0 Å². The first-order valence-corrected chi connectivity index (χ1v) is 7.10. The smallest absolute Gasteiger partial charge is 0.175 e. The van der Waals surface area contributed by atoms with Gasteiger partial charge < -0.3 is 10.6 Å². The lowest BCUT2D eigenvalue weighted by molar-refractivity contribution is 1.33. The Bertz CT molecular complexity index is 592. The van der Waals surface area contributed by atoms with Crippen LogP contribution in [-0.4, -0.2) is 5.11 Å². The fourth-order valence-electron chi connectivity index (χ4n) is 2.05. The molecule has 2 nitrogen and oxygen atoms in total. The number of hydrogen-bond donors (Lipinski definition) is 2. The van der Waals surface area contributed by atoms with E-state index in [0.717, 1.165) is 11.4 Å². The fourth-order valence-corrected chi connectivity index (χ4v) is 2.27. The molecule has 2 rings (SSSR count). The van der Waals surface area contributed by atoms with Gasteiger partial charge in [-0.15, -0.1) is 0 Å². The summed E-state index contributed by atoms with van der Waals surface area (Å²) in [6, 6.07) is 12.3. The molecule has 2 aromatic carbocycles.